The molecule has 0 saturated carbocycles. The third-order valence-electron chi connectivity index (χ3n) is 2.69. The molecule has 1 aromatic rings. The Morgan fingerprint density at radius 3 is 2.29 bits per heavy atom. The first kappa shape index (κ1) is 17.7. The van der Waals surface area contributed by atoms with Crippen molar-refractivity contribution in [3.8, 4) is 0 Å². The Kier molecular flexibility index (Phi) is 5.95. The quantitative estimate of drug-likeness (QED) is 0.749. The highest BCUT2D eigenvalue weighted by molar-refractivity contribution is 7.89. The van der Waals surface area contributed by atoms with Crippen LogP contribution in [0.2, 0.25) is 0 Å². The van der Waals surface area contributed by atoms with Crippen molar-refractivity contribution >= 4 is 10.0 Å². The van der Waals surface area contributed by atoms with E-state index in [0.717, 1.165) is 0 Å². The molecule has 0 spiro atoms. The minimum absolute atomic E-state index is 0.0584. The van der Waals surface area contributed by atoms with E-state index in [1.807, 2.05) is 20.8 Å². The average molecular weight is 312 g/mol. The summed E-state index contributed by atoms with van der Waals surface area (Å²) in [5.74, 6) is 0.584. The lowest BCUT2D eigenvalue weighted by atomic mass is 10.1. The highest BCUT2D eigenvalue weighted by Gasteiger charge is 2.26. The van der Waals surface area contributed by atoms with E-state index in [-0.39, 0.29) is 23.7 Å². The summed E-state index contributed by atoms with van der Waals surface area (Å²) in [6, 6.07) is 3.15. The van der Waals surface area contributed by atoms with E-state index < -0.39 is 10.0 Å². The van der Waals surface area contributed by atoms with Gasteiger partial charge < -0.3 is 9.73 Å². The van der Waals surface area contributed by atoms with Crippen molar-refractivity contribution in [3.63, 3.8) is 0 Å². The van der Waals surface area contributed by atoms with Crippen molar-refractivity contribution in [2.75, 3.05) is 13.1 Å². The third-order valence-corrected chi connectivity index (χ3v) is 4.40. The van der Waals surface area contributed by atoms with Crippen molar-refractivity contribution < 1.29 is 12.8 Å². The van der Waals surface area contributed by atoms with Gasteiger partial charge in [-0.15, -0.1) is 13.2 Å². The maximum absolute atomic E-state index is 12.4. The molecule has 1 heterocycles. The molecule has 0 amide bonds. The van der Waals surface area contributed by atoms with Crippen LogP contribution in [0, 0.1) is 0 Å². The number of rotatable bonds is 8. The minimum atomic E-state index is -3.66. The van der Waals surface area contributed by atoms with Gasteiger partial charge in [-0.25, -0.2) is 8.42 Å². The van der Waals surface area contributed by atoms with Crippen LogP contribution in [0.1, 0.15) is 26.5 Å². The van der Waals surface area contributed by atoms with Gasteiger partial charge >= 0.3 is 0 Å². The lowest BCUT2D eigenvalue weighted by Crippen LogP contribution is -2.35. The molecule has 0 bridgehead atoms. The lowest BCUT2D eigenvalue weighted by molar-refractivity contribution is 0.352. The first-order valence-electron chi connectivity index (χ1n) is 6.76. The second-order valence-electron chi connectivity index (χ2n) is 5.72. The predicted octanol–water partition coefficient (Wildman–Crippen LogP) is 2.53. The van der Waals surface area contributed by atoms with Crippen LogP contribution in [0.4, 0.5) is 0 Å². The summed E-state index contributed by atoms with van der Waals surface area (Å²) in [7, 11) is -3.66. The fraction of sp³-hybridized carbons (Fsp3) is 0.467. The number of sulfonamides is 1. The molecule has 1 N–H and O–H groups in total. The smallest absolute Gasteiger partial charge is 0.277 e. The summed E-state index contributed by atoms with van der Waals surface area (Å²) < 4.78 is 31.6. The van der Waals surface area contributed by atoms with Crippen LogP contribution >= 0.6 is 0 Å². The lowest BCUT2D eigenvalue weighted by Gasteiger charge is -2.19. The molecule has 6 heteroatoms. The van der Waals surface area contributed by atoms with Crippen molar-refractivity contribution in [3.05, 3.63) is 43.2 Å². The Morgan fingerprint density at radius 1 is 1.24 bits per heavy atom. The molecule has 0 aromatic carbocycles. The summed E-state index contributed by atoms with van der Waals surface area (Å²) in [6.07, 6.45) is 3.07. The summed E-state index contributed by atoms with van der Waals surface area (Å²) in [5, 5.41) is 3.19. The van der Waals surface area contributed by atoms with Crippen LogP contribution in [0.15, 0.2) is 47.0 Å². The zero-order valence-corrected chi connectivity index (χ0v) is 13.7. The largest absolute Gasteiger partial charge is 0.447 e. The van der Waals surface area contributed by atoms with Crippen LogP contribution in [0.3, 0.4) is 0 Å². The molecule has 1 aromatic heterocycles. The van der Waals surface area contributed by atoms with Gasteiger partial charge in [-0.2, -0.15) is 4.31 Å². The highest BCUT2D eigenvalue weighted by Crippen LogP contribution is 2.19. The van der Waals surface area contributed by atoms with Gasteiger partial charge in [0.1, 0.15) is 5.76 Å². The van der Waals surface area contributed by atoms with Crippen LogP contribution in [0.25, 0.3) is 0 Å². The number of nitrogens with one attached hydrogen (secondary N) is 1. The summed E-state index contributed by atoms with van der Waals surface area (Å²) in [4.78, 5) is 0. The predicted molar refractivity (Wildman–Crippen MR) is 84.5 cm³/mol. The Bertz CT molecular complexity index is 572. The van der Waals surface area contributed by atoms with Crippen molar-refractivity contribution in [1.82, 2.24) is 9.62 Å². The zero-order valence-electron chi connectivity index (χ0n) is 12.9. The Morgan fingerprint density at radius 2 is 1.81 bits per heavy atom. The standard InChI is InChI=1S/C15H24N2O3S/c1-6-10-17(11-7-2)21(18,19)14-9-8-13(20-14)12-16-15(3,4)5/h6-9,16H,1-2,10-12H2,3-5H3. The molecule has 118 valence electrons. The molecule has 0 aliphatic rings. The van der Waals surface area contributed by atoms with E-state index in [4.69, 9.17) is 4.42 Å². The van der Waals surface area contributed by atoms with Gasteiger partial charge in [-0.3, -0.25) is 0 Å². The van der Waals surface area contributed by atoms with Crippen molar-refractivity contribution in [2.45, 2.75) is 37.9 Å². The monoisotopic (exact) mass is 312 g/mol. The summed E-state index contributed by atoms with van der Waals surface area (Å²) in [6.45, 7) is 14.1. The van der Waals surface area contributed by atoms with Crippen LogP contribution in [-0.4, -0.2) is 31.4 Å². The molecule has 0 radical (unpaired) electrons. The van der Waals surface area contributed by atoms with Crippen LogP contribution in [-0.2, 0) is 16.6 Å². The molecule has 0 saturated heterocycles. The molecule has 0 aliphatic carbocycles. The Hall–Kier alpha value is -1.37. The normalized spacial score (nSPS) is 12.6. The number of hydrogen-bond donors (Lipinski definition) is 1. The maximum atomic E-state index is 12.4. The van der Waals surface area contributed by atoms with Gasteiger partial charge in [0.2, 0.25) is 5.09 Å². The molecule has 21 heavy (non-hydrogen) atoms. The number of nitrogens with zero attached hydrogens (tertiary/aromatic N) is 1. The van der Waals surface area contributed by atoms with Gasteiger partial charge in [0, 0.05) is 18.6 Å². The van der Waals surface area contributed by atoms with Gasteiger partial charge in [0.05, 0.1) is 6.54 Å². The van der Waals surface area contributed by atoms with Crippen molar-refractivity contribution in [1.29, 1.82) is 0 Å². The van der Waals surface area contributed by atoms with E-state index in [1.165, 1.54) is 22.5 Å². The van der Waals surface area contributed by atoms with E-state index in [1.54, 1.807) is 6.07 Å². The zero-order chi connectivity index (χ0) is 16.1. The molecule has 0 fully saturated rings. The van der Waals surface area contributed by atoms with Gasteiger partial charge in [0.15, 0.2) is 0 Å². The second-order valence-corrected chi connectivity index (χ2v) is 7.59. The van der Waals surface area contributed by atoms with E-state index in [0.29, 0.717) is 12.3 Å². The molecular formula is C15H24N2O3S. The maximum Gasteiger partial charge on any atom is 0.277 e. The number of hydrogen-bond acceptors (Lipinski definition) is 4. The van der Waals surface area contributed by atoms with E-state index in [9.17, 15) is 8.42 Å². The Labute approximate surface area is 127 Å². The SMILES string of the molecule is C=CCN(CC=C)S(=O)(=O)c1ccc(CNC(C)(C)C)o1. The summed E-state index contributed by atoms with van der Waals surface area (Å²) >= 11 is 0. The summed E-state index contributed by atoms with van der Waals surface area (Å²) in [5.41, 5.74) is -0.0659. The fourth-order valence-corrected chi connectivity index (χ4v) is 2.94. The molecule has 0 aliphatic heterocycles. The minimum Gasteiger partial charge on any atom is -0.447 e. The first-order chi connectivity index (χ1) is 9.70. The van der Waals surface area contributed by atoms with Gasteiger partial charge in [-0.05, 0) is 32.9 Å². The molecule has 0 unspecified atom stereocenters. The fourth-order valence-electron chi connectivity index (χ4n) is 1.63. The second kappa shape index (κ2) is 7.06. The van der Waals surface area contributed by atoms with Crippen molar-refractivity contribution in [2.24, 2.45) is 0 Å². The first-order valence-corrected chi connectivity index (χ1v) is 8.20. The number of furan rings is 1. The molecule has 5 nitrogen and oxygen atoms in total. The Balaban J connectivity index is 2.91. The molecule has 0 atom stereocenters. The van der Waals surface area contributed by atoms with E-state index in [2.05, 4.69) is 18.5 Å². The third kappa shape index (κ3) is 5.15. The van der Waals surface area contributed by atoms with Gasteiger partial charge in [-0.1, -0.05) is 12.2 Å². The highest BCUT2D eigenvalue weighted by atomic mass is 32.2. The van der Waals surface area contributed by atoms with E-state index >= 15 is 0 Å². The van der Waals surface area contributed by atoms with Crippen LogP contribution < -0.4 is 5.32 Å². The van der Waals surface area contributed by atoms with Crippen LogP contribution in [0.5, 0.6) is 0 Å². The average Bonchev–Trinajstić information content (AvgIpc) is 2.85. The van der Waals surface area contributed by atoms with Gasteiger partial charge in [0.25, 0.3) is 10.0 Å². The topological polar surface area (TPSA) is 62.6 Å². The molecular weight excluding hydrogens is 288 g/mol. The molecule has 1 rings (SSSR count).